The molecule has 0 bridgehead atoms. The zero-order valence-corrected chi connectivity index (χ0v) is 18.4. The molecule has 31 heavy (non-hydrogen) atoms. The molecule has 1 N–H and O–H groups in total. The molecule has 5 nitrogen and oxygen atoms in total. The summed E-state index contributed by atoms with van der Waals surface area (Å²) in [5.74, 6) is 1.35. The number of ether oxygens (including phenoxy) is 1. The first kappa shape index (κ1) is 20.9. The van der Waals surface area contributed by atoms with E-state index in [0.29, 0.717) is 39.4 Å². The SMILES string of the molecule is Cc1cc(OCC(=O)Nc2ccc3oc(-c4ccc(C(C)C)cc4)nc3c2)ccc1Cl. The summed E-state index contributed by atoms with van der Waals surface area (Å²) >= 11 is 6.01. The van der Waals surface area contributed by atoms with Crippen LogP contribution in [0.3, 0.4) is 0 Å². The van der Waals surface area contributed by atoms with Gasteiger partial charge in [-0.15, -0.1) is 0 Å². The number of amides is 1. The number of carbonyl (C=O) groups is 1. The van der Waals surface area contributed by atoms with Gasteiger partial charge < -0.3 is 14.5 Å². The fraction of sp³-hybridized carbons (Fsp3) is 0.200. The summed E-state index contributed by atoms with van der Waals surface area (Å²) in [6.45, 7) is 6.10. The number of benzene rings is 3. The minimum Gasteiger partial charge on any atom is -0.484 e. The summed E-state index contributed by atoms with van der Waals surface area (Å²) in [6, 6.07) is 18.8. The van der Waals surface area contributed by atoms with Crippen LogP contribution in [0.15, 0.2) is 65.1 Å². The number of fused-ring (bicyclic) bond motifs is 1. The lowest BCUT2D eigenvalue weighted by Crippen LogP contribution is -2.20. The summed E-state index contributed by atoms with van der Waals surface area (Å²) in [7, 11) is 0. The maximum absolute atomic E-state index is 12.3. The molecule has 0 aliphatic carbocycles. The van der Waals surface area contributed by atoms with Crippen LogP contribution in [0.4, 0.5) is 5.69 Å². The highest BCUT2D eigenvalue weighted by Gasteiger charge is 2.11. The molecule has 0 aliphatic rings. The van der Waals surface area contributed by atoms with Crippen LogP contribution >= 0.6 is 11.6 Å². The highest BCUT2D eigenvalue weighted by Crippen LogP contribution is 2.27. The molecule has 3 aromatic carbocycles. The first-order valence-electron chi connectivity index (χ1n) is 10.1. The fourth-order valence-electron chi connectivity index (χ4n) is 3.19. The van der Waals surface area contributed by atoms with Gasteiger partial charge in [0.25, 0.3) is 5.91 Å². The highest BCUT2D eigenvalue weighted by atomic mass is 35.5. The molecule has 0 saturated carbocycles. The largest absolute Gasteiger partial charge is 0.484 e. The van der Waals surface area contributed by atoms with Crippen molar-refractivity contribution in [1.29, 1.82) is 0 Å². The third-order valence-corrected chi connectivity index (χ3v) is 5.42. The lowest BCUT2D eigenvalue weighted by Gasteiger charge is -2.08. The molecule has 1 aromatic heterocycles. The molecule has 6 heteroatoms. The van der Waals surface area contributed by atoms with Crippen molar-refractivity contribution in [2.24, 2.45) is 0 Å². The van der Waals surface area contributed by atoms with Crippen LogP contribution in [0, 0.1) is 6.92 Å². The van der Waals surface area contributed by atoms with E-state index in [1.165, 1.54) is 5.56 Å². The molecule has 4 aromatic rings. The van der Waals surface area contributed by atoms with E-state index >= 15 is 0 Å². The van der Waals surface area contributed by atoms with Crippen molar-refractivity contribution in [3.05, 3.63) is 76.8 Å². The number of aromatic nitrogens is 1. The Morgan fingerprint density at radius 1 is 1.10 bits per heavy atom. The predicted molar refractivity (Wildman–Crippen MR) is 124 cm³/mol. The van der Waals surface area contributed by atoms with E-state index in [1.54, 1.807) is 36.4 Å². The van der Waals surface area contributed by atoms with E-state index in [4.69, 9.17) is 20.8 Å². The van der Waals surface area contributed by atoms with Gasteiger partial charge in [-0.3, -0.25) is 4.79 Å². The molecule has 0 atom stereocenters. The third kappa shape index (κ3) is 4.89. The Kier molecular flexibility index (Phi) is 5.96. The number of anilines is 1. The number of hydrogen-bond donors (Lipinski definition) is 1. The number of oxazole rings is 1. The maximum Gasteiger partial charge on any atom is 0.262 e. The van der Waals surface area contributed by atoms with E-state index in [9.17, 15) is 4.79 Å². The number of nitrogens with one attached hydrogen (secondary N) is 1. The number of halogens is 1. The van der Waals surface area contributed by atoms with E-state index in [-0.39, 0.29) is 12.5 Å². The van der Waals surface area contributed by atoms with E-state index in [0.717, 1.165) is 11.1 Å². The van der Waals surface area contributed by atoms with E-state index in [1.807, 2.05) is 19.1 Å². The number of hydrogen-bond acceptors (Lipinski definition) is 4. The van der Waals surface area contributed by atoms with Gasteiger partial charge in [-0.25, -0.2) is 4.98 Å². The van der Waals surface area contributed by atoms with Gasteiger partial charge in [0.05, 0.1) is 0 Å². The first-order valence-corrected chi connectivity index (χ1v) is 10.5. The van der Waals surface area contributed by atoms with Crippen LogP contribution in [0.2, 0.25) is 5.02 Å². The van der Waals surface area contributed by atoms with Crippen molar-refractivity contribution >= 4 is 34.3 Å². The molecule has 0 spiro atoms. The van der Waals surface area contributed by atoms with Gasteiger partial charge in [-0.1, -0.05) is 37.6 Å². The Balaban J connectivity index is 1.43. The summed E-state index contributed by atoms with van der Waals surface area (Å²) in [6.07, 6.45) is 0. The molecule has 0 unspecified atom stereocenters. The molecule has 0 aliphatic heterocycles. The average molecular weight is 435 g/mol. The van der Waals surface area contributed by atoms with Crippen LogP contribution < -0.4 is 10.1 Å². The molecule has 1 heterocycles. The zero-order chi connectivity index (χ0) is 22.0. The first-order chi connectivity index (χ1) is 14.9. The number of nitrogens with zero attached hydrogens (tertiary/aromatic N) is 1. The standard InChI is InChI=1S/C25H23ClN2O3/c1-15(2)17-4-6-18(7-5-17)25-28-22-13-19(8-11-23(22)31-25)27-24(29)14-30-20-9-10-21(26)16(3)12-20/h4-13,15H,14H2,1-3H3,(H,27,29). The van der Waals surface area contributed by atoms with Gasteiger partial charge in [0.1, 0.15) is 11.3 Å². The Hall–Kier alpha value is -3.31. The summed E-state index contributed by atoms with van der Waals surface area (Å²) in [5, 5.41) is 3.49. The second kappa shape index (κ2) is 8.82. The zero-order valence-electron chi connectivity index (χ0n) is 17.6. The van der Waals surface area contributed by atoms with Crippen molar-refractivity contribution in [1.82, 2.24) is 4.98 Å². The van der Waals surface area contributed by atoms with Crippen LogP contribution in [-0.2, 0) is 4.79 Å². The maximum atomic E-state index is 12.3. The van der Waals surface area contributed by atoms with Crippen molar-refractivity contribution in [2.45, 2.75) is 26.7 Å². The minimum atomic E-state index is -0.264. The van der Waals surface area contributed by atoms with Gasteiger partial charge in [0.15, 0.2) is 12.2 Å². The van der Waals surface area contributed by atoms with Crippen LogP contribution in [-0.4, -0.2) is 17.5 Å². The molecular formula is C25H23ClN2O3. The monoisotopic (exact) mass is 434 g/mol. The Bertz CT molecular complexity index is 1230. The van der Waals surface area contributed by atoms with Crippen molar-refractivity contribution in [3.63, 3.8) is 0 Å². The molecule has 158 valence electrons. The lowest BCUT2D eigenvalue weighted by atomic mass is 10.0. The molecule has 0 fully saturated rings. The third-order valence-electron chi connectivity index (χ3n) is 4.99. The van der Waals surface area contributed by atoms with Gasteiger partial charge >= 0.3 is 0 Å². The number of rotatable bonds is 6. The summed E-state index contributed by atoms with van der Waals surface area (Å²) in [4.78, 5) is 16.9. The van der Waals surface area contributed by atoms with Crippen molar-refractivity contribution < 1.29 is 13.9 Å². The fourth-order valence-corrected chi connectivity index (χ4v) is 3.31. The second-order valence-electron chi connectivity index (χ2n) is 7.73. The molecule has 0 radical (unpaired) electrons. The summed E-state index contributed by atoms with van der Waals surface area (Å²) < 4.78 is 11.4. The molecule has 0 saturated heterocycles. The smallest absolute Gasteiger partial charge is 0.262 e. The Labute approximate surface area is 186 Å². The van der Waals surface area contributed by atoms with Gasteiger partial charge in [-0.05, 0) is 72.5 Å². The highest BCUT2D eigenvalue weighted by molar-refractivity contribution is 6.31. The minimum absolute atomic E-state index is 0.106. The number of aryl methyl sites for hydroxylation is 1. The normalized spacial score (nSPS) is 11.1. The predicted octanol–water partition coefficient (Wildman–Crippen LogP) is 6.60. The van der Waals surface area contributed by atoms with E-state index < -0.39 is 0 Å². The van der Waals surface area contributed by atoms with Gasteiger partial charge in [0, 0.05) is 16.3 Å². The van der Waals surface area contributed by atoms with Crippen LogP contribution in [0.25, 0.3) is 22.6 Å². The quantitative estimate of drug-likeness (QED) is 0.371. The second-order valence-corrected chi connectivity index (χ2v) is 8.13. The van der Waals surface area contributed by atoms with Crippen molar-refractivity contribution in [3.8, 4) is 17.2 Å². The molecular weight excluding hydrogens is 412 g/mol. The molecule has 1 amide bonds. The van der Waals surface area contributed by atoms with Crippen LogP contribution in [0.5, 0.6) is 5.75 Å². The van der Waals surface area contributed by atoms with Crippen LogP contribution in [0.1, 0.15) is 30.9 Å². The Morgan fingerprint density at radius 3 is 2.58 bits per heavy atom. The van der Waals surface area contributed by atoms with Gasteiger partial charge in [-0.2, -0.15) is 0 Å². The summed E-state index contributed by atoms with van der Waals surface area (Å²) in [5.41, 5.74) is 5.04. The van der Waals surface area contributed by atoms with E-state index in [2.05, 4.69) is 36.3 Å². The van der Waals surface area contributed by atoms with Crippen molar-refractivity contribution in [2.75, 3.05) is 11.9 Å². The lowest BCUT2D eigenvalue weighted by molar-refractivity contribution is -0.118. The number of carbonyl (C=O) groups excluding carboxylic acids is 1. The Morgan fingerprint density at radius 2 is 1.87 bits per heavy atom. The van der Waals surface area contributed by atoms with Gasteiger partial charge in [0.2, 0.25) is 5.89 Å². The molecule has 4 rings (SSSR count). The average Bonchev–Trinajstić information content (AvgIpc) is 3.18. The topological polar surface area (TPSA) is 64.4 Å².